The quantitative estimate of drug-likeness (QED) is 0.135. The Morgan fingerprint density at radius 1 is 1.00 bits per heavy atom. The average Bonchev–Trinajstić information content (AvgIpc) is 3.83. The number of amides is 3. The highest BCUT2D eigenvalue weighted by Gasteiger charge is 2.40. The molecular formula is C35H51N5O9S. The van der Waals surface area contributed by atoms with Crippen molar-refractivity contribution in [1.29, 1.82) is 0 Å². The molecule has 2 unspecified atom stereocenters. The van der Waals surface area contributed by atoms with Gasteiger partial charge in [0, 0.05) is 31.1 Å². The van der Waals surface area contributed by atoms with Gasteiger partial charge in [0.05, 0.1) is 45.7 Å². The predicted octanol–water partition coefficient (Wildman–Crippen LogP) is 3.49. The molecule has 4 N–H and O–H groups in total. The number of benzene rings is 1. The van der Waals surface area contributed by atoms with Crippen LogP contribution in [0.15, 0.2) is 29.6 Å². The smallest absolute Gasteiger partial charge is 0.407 e. The van der Waals surface area contributed by atoms with Crippen LogP contribution in [0.5, 0.6) is 5.75 Å². The topological polar surface area (TPSA) is 183 Å². The van der Waals surface area contributed by atoms with Gasteiger partial charge in [-0.15, -0.1) is 11.3 Å². The zero-order valence-corrected chi connectivity index (χ0v) is 29.9. The molecule has 1 aromatic carbocycles. The lowest BCUT2D eigenvalue weighted by Gasteiger charge is -2.35. The molecule has 1 aromatic heterocycles. The van der Waals surface area contributed by atoms with E-state index < -0.39 is 24.1 Å². The second kappa shape index (κ2) is 20.3. The standard InChI is InChI=1S/C35H51N5O9S/c1-24(39(2)35(44)45)32(42)38-30(25-8-4-3-5-9-25)34(43)40-14-7-12-29(40)33-37-28(23-50-33)31(41)26-10-6-11-27(22-26)49-21-20-48-19-18-47-17-16-46-15-13-36/h6,10-11,22-25,29-30H,3-5,7-9,12-21,36H2,1-2H3,(H,38,42)(H,44,45)/t24?,29?,30-/m0/s1. The number of likely N-dealkylation sites (tertiary alicyclic amines) is 1. The van der Waals surface area contributed by atoms with E-state index in [0.717, 1.165) is 43.4 Å². The summed E-state index contributed by atoms with van der Waals surface area (Å²) in [6.07, 6.45) is 4.89. The van der Waals surface area contributed by atoms with Crippen molar-refractivity contribution in [2.24, 2.45) is 11.7 Å². The minimum atomic E-state index is -1.22. The maximum atomic E-state index is 14.2. The normalized spacial score (nSPS) is 17.7. The molecule has 3 amide bonds. The van der Waals surface area contributed by atoms with Crippen LogP contribution in [0, 0.1) is 5.92 Å². The van der Waals surface area contributed by atoms with Crippen molar-refractivity contribution in [1.82, 2.24) is 20.1 Å². The van der Waals surface area contributed by atoms with Gasteiger partial charge in [0.1, 0.15) is 35.1 Å². The molecule has 50 heavy (non-hydrogen) atoms. The zero-order chi connectivity index (χ0) is 35.9. The molecular weight excluding hydrogens is 666 g/mol. The van der Waals surface area contributed by atoms with Crippen LogP contribution in [0.3, 0.4) is 0 Å². The number of ketones is 1. The van der Waals surface area contributed by atoms with Gasteiger partial charge in [-0.3, -0.25) is 19.3 Å². The molecule has 276 valence electrons. The van der Waals surface area contributed by atoms with Crippen LogP contribution in [0.2, 0.25) is 0 Å². The molecule has 2 aromatic rings. The Kier molecular flexibility index (Phi) is 15.9. The van der Waals surface area contributed by atoms with Gasteiger partial charge in [-0.05, 0) is 50.7 Å². The van der Waals surface area contributed by atoms with Gasteiger partial charge in [0.25, 0.3) is 0 Å². The highest BCUT2D eigenvalue weighted by Crippen LogP contribution is 2.36. The van der Waals surface area contributed by atoms with Gasteiger partial charge in [-0.2, -0.15) is 0 Å². The number of hydrogen-bond acceptors (Lipinski definition) is 11. The van der Waals surface area contributed by atoms with Crippen LogP contribution in [0.1, 0.15) is 79.0 Å². The van der Waals surface area contributed by atoms with Gasteiger partial charge in [-0.25, -0.2) is 9.78 Å². The first kappa shape index (κ1) is 39.2. The van der Waals surface area contributed by atoms with Crippen LogP contribution < -0.4 is 15.8 Å². The highest BCUT2D eigenvalue weighted by atomic mass is 32.1. The predicted molar refractivity (Wildman–Crippen MR) is 186 cm³/mol. The van der Waals surface area contributed by atoms with Crippen molar-refractivity contribution in [2.45, 2.75) is 70.0 Å². The molecule has 1 saturated carbocycles. The fourth-order valence-electron chi connectivity index (χ4n) is 6.19. The lowest BCUT2D eigenvalue weighted by atomic mass is 9.83. The molecule has 4 rings (SSSR count). The largest absolute Gasteiger partial charge is 0.491 e. The van der Waals surface area contributed by atoms with Gasteiger partial charge >= 0.3 is 6.09 Å². The Labute approximate surface area is 297 Å². The van der Waals surface area contributed by atoms with Crippen LogP contribution >= 0.6 is 11.3 Å². The van der Waals surface area contributed by atoms with Crippen LogP contribution in [0.25, 0.3) is 0 Å². The van der Waals surface area contributed by atoms with E-state index in [9.17, 15) is 24.3 Å². The Morgan fingerprint density at radius 2 is 1.68 bits per heavy atom. The summed E-state index contributed by atoms with van der Waals surface area (Å²) in [5, 5.41) is 14.7. The molecule has 3 atom stereocenters. The van der Waals surface area contributed by atoms with Gasteiger partial charge < -0.3 is 40.0 Å². The van der Waals surface area contributed by atoms with Crippen LogP contribution in [0.4, 0.5) is 4.79 Å². The van der Waals surface area contributed by atoms with E-state index in [0.29, 0.717) is 87.8 Å². The molecule has 0 bridgehead atoms. The van der Waals surface area contributed by atoms with E-state index in [1.165, 1.54) is 25.3 Å². The van der Waals surface area contributed by atoms with Crippen molar-refractivity contribution in [3.05, 3.63) is 45.9 Å². The van der Waals surface area contributed by atoms with Crippen molar-refractivity contribution in [3.63, 3.8) is 0 Å². The van der Waals surface area contributed by atoms with Gasteiger partial charge in [-0.1, -0.05) is 31.4 Å². The fraction of sp³-hybridized carbons (Fsp3) is 0.629. The number of thiazole rings is 1. The Morgan fingerprint density at radius 3 is 2.36 bits per heavy atom. The number of aromatic nitrogens is 1. The van der Waals surface area contributed by atoms with Crippen molar-refractivity contribution in [3.8, 4) is 5.75 Å². The lowest BCUT2D eigenvalue weighted by Crippen LogP contribution is -2.56. The third-order valence-corrected chi connectivity index (χ3v) is 10.1. The lowest BCUT2D eigenvalue weighted by molar-refractivity contribution is -0.140. The van der Waals surface area contributed by atoms with Gasteiger partial charge in [0.2, 0.25) is 17.6 Å². The summed E-state index contributed by atoms with van der Waals surface area (Å²) in [6.45, 7) is 5.53. The van der Waals surface area contributed by atoms with E-state index in [1.54, 1.807) is 34.5 Å². The van der Waals surface area contributed by atoms with E-state index in [1.807, 2.05) is 0 Å². The Bertz CT molecular complexity index is 1400. The number of carboxylic acid groups (broad SMARTS) is 1. The third kappa shape index (κ3) is 11.2. The van der Waals surface area contributed by atoms with E-state index >= 15 is 0 Å². The Hall–Kier alpha value is -3.63. The second-order valence-corrected chi connectivity index (χ2v) is 13.4. The third-order valence-electron chi connectivity index (χ3n) is 9.12. The second-order valence-electron chi connectivity index (χ2n) is 12.5. The number of hydrogen-bond donors (Lipinski definition) is 3. The number of likely N-dealkylation sites (N-methyl/N-ethyl adjacent to an activating group) is 1. The summed E-state index contributed by atoms with van der Waals surface area (Å²) in [6, 6.07) is 4.89. The number of nitrogens with one attached hydrogen (secondary N) is 1. The molecule has 2 aliphatic rings. The summed E-state index contributed by atoms with van der Waals surface area (Å²) in [5.41, 5.74) is 6.10. The summed E-state index contributed by atoms with van der Waals surface area (Å²) in [5.74, 6) is -0.432. The van der Waals surface area contributed by atoms with E-state index in [-0.39, 0.29) is 23.7 Å². The molecule has 1 aliphatic carbocycles. The first-order chi connectivity index (χ1) is 24.2. The number of nitrogens with two attached hydrogens (primary N) is 1. The van der Waals surface area contributed by atoms with E-state index in [4.69, 9.17) is 29.7 Å². The summed E-state index contributed by atoms with van der Waals surface area (Å²) < 4.78 is 22.0. The summed E-state index contributed by atoms with van der Waals surface area (Å²) in [4.78, 5) is 59.7. The van der Waals surface area contributed by atoms with Crippen LogP contribution in [-0.4, -0.2) is 122 Å². The minimum Gasteiger partial charge on any atom is -0.491 e. The number of carbonyl (C=O) groups is 4. The zero-order valence-electron chi connectivity index (χ0n) is 29.1. The van der Waals surface area contributed by atoms with E-state index in [2.05, 4.69) is 5.32 Å². The maximum Gasteiger partial charge on any atom is 0.407 e. The number of carbonyl (C=O) groups excluding carboxylic acids is 3. The first-order valence-corrected chi connectivity index (χ1v) is 18.3. The SMILES string of the molecule is CC(C(=O)N[C@H](C(=O)N1CCCC1c1nc(C(=O)c2cccc(OCCOCCOCCOCCN)c2)cs1)C1CCCCC1)N(C)C(=O)O. The highest BCUT2D eigenvalue weighted by molar-refractivity contribution is 7.10. The molecule has 1 aliphatic heterocycles. The first-order valence-electron chi connectivity index (χ1n) is 17.4. The summed E-state index contributed by atoms with van der Waals surface area (Å²) >= 11 is 1.34. The van der Waals surface area contributed by atoms with Crippen molar-refractivity contribution < 1.29 is 43.2 Å². The molecule has 2 heterocycles. The number of rotatable bonds is 20. The van der Waals surface area contributed by atoms with Crippen LogP contribution in [-0.2, 0) is 23.8 Å². The number of ether oxygens (including phenoxy) is 4. The van der Waals surface area contributed by atoms with Gasteiger partial charge in [0.15, 0.2) is 0 Å². The molecule has 0 radical (unpaired) electrons. The molecule has 1 saturated heterocycles. The molecule has 0 spiro atoms. The summed E-state index contributed by atoms with van der Waals surface area (Å²) in [7, 11) is 1.34. The Balaban J connectivity index is 1.33. The molecule has 14 nitrogen and oxygen atoms in total. The molecule has 15 heteroatoms. The monoisotopic (exact) mass is 717 g/mol. The number of nitrogens with zero attached hydrogens (tertiary/aromatic N) is 3. The van der Waals surface area contributed by atoms with Crippen molar-refractivity contribution in [2.75, 3.05) is 66.4 Å². The molecule has 2 fully saturated rings. The minimum absolute atomic E-state index is 0.0375. The fourth-order valence-corrected chi connectivity index (χ4v) is 7.14. The maximum absolute atomic E-state index is 14.2. The van der Waals surface area contributed by atoms with Crippen molar-refractivity contribution >= 4 is 35.0 Å². The average molecular weight is 718 g/mol.